The van der Waals surface area contributed by atoms with E-state index >= 15 is 0 Å². The van der Waals surface area contributed by atoms with Gasteiger partial charge in [0.15, 0.2) is 0 Å². The average molecular weight is 531 g/mol. The van der Waals surface area contributed by atoms with E-state index in [2.05, 4.69) is 37.7 Å². The van der Waals surface area contributed by atoms with Gasteiger partial charge in [-0.15, -0.1) is 0 Å². The van der Waals surface area contributed by atoms with Crippen molar-refractivity contribution in [2.24, 2.45) is 11.3 Å². The van der Waals surface area contributed by atoms with Crippen LogP contribution in [0.25, 0.3) is 21.7 Å². The van der Waals surface area contributed by atoms with E-state index in [0.717, 1.165) is 43.3 Å². The molecule has 7 nitrogen and oxygen atoms in total. The maximum Gasteiger partial charge on any atom is 0.341 e. The number of rotatable bonds is 7. The number of phenolic OH excluding ortho intramolecular Hbond substituents is 1. The number of pyridine rings is 1. The summed E-state index contributed by atoms with van der Waals surface area (Å²) in [5.41, 5.74) is 2.59. The number of piperidine rings is 1. The molecule has 7 heteroatoms. The Morgan fingerprint density at radius 3 is 2.54 bits per heavy atom. The van der Waals surface area contributed by atoms with E-state index in [4.69, 9.17) is 13.9 Å². The summed E-state index contributed by atoms with van der Waals surface area (Å²) in [6.45, 7) is 8.98. The summed E-state index contributed by atoms with van der Waals surface area (Å²) in [6, 6.07) is 9.64. The van der Waals surface area contributed by atoms with Crippen molar-refractivity contribution in [2.45, 2.75) is 46.0 Å². The lowest BCUT2D eigenvalue weighted by Crippen LogP contribution is -2.31. The van der Waals surface area contributed by atoms with E-state index in [1.807, 2.05) is 30.3 Å². The number of aromatic nitrogens is 1. The van der Waals surface area contributed by atoms with Gasteiger partial charge in [0.1, 0.15) is 28.9 Å². The lowest BCUT2D eigenvalue weighted by molar-refractivity contribution is 0.0602. The molecule has 2 aromatic carbocycles. The Kier molecular flexibility index (Phi) is 7.54. The number of carbonyl (C=O) groups is 1. The standard InChI is InChI=1S/C32H38N2O5/c1-32(2,3)19-39-22-6-7-23-25(17-22)29(35)27(28-26(31(36)37-5)18-38-30(23)28)24(21-8-12-33-13-9-21)16-20-10-14-34(4)15-11-20/h6-9,12-13,17-18,20,24,35H,10-11,14-16,19H2,1-5H3. The summed E-state index contributed by atoms with van der Waals surface area (Å²) >= 11 is 0. The number of benzene rings is 2. The number of likely N-dealkylation sites (tertiary alicyclic amines) is 1. The van der Waals surface area contributed by atoms with Gasteiger partial charge < -0.3 is 23.9 Å². The molecule has 1 unspecified atom stereocenters. The third-order valence-electron chi connectivity index (χ3n) is 7.75. The van der Waals surface area contributed by atoms with Gasteiger partial charge in [-0.2, -0.15) is 0 Å². The van der Waals surface area contributed by atoms with E-state index in [0.29, 0.717) is 45.8 Å². The molecule has 0 radical (unpaired) electrons. The van der Waals surface area contributed by atoms with Crippen molar-refractivity contribution in [1.82, 2.24) is 9.88 Å². The van der Waals surface area contributed by atoms with Gasteiger partial charge >= 0.3 is 5.97 Å². The Balaban J connectivity index is 1.73. The predicted octanol–water partition coefficient (Wildman–Crippen LogP) is 6.76. The first-order valence-electron chi connectivity index (χ1n) is 13.7. The topological polar surface area (TPSA) is 85.0 Å². The summed E-state index contributed by atoms with van der Waals surface area (Å²) in [4.78, 5) is 19.5. The molecule has 1 aliphatic heterocycles. The van der Waals surface area contributed by atoms with Gasteiger partial charge in [-0.25, -0.2) is 4.79 Å². The van der Waals surface area contributed by atoms with Crippen molar-refractivity contribution in [3.05, 3.63) is 65.7 Å². The van der Waals surface area contributed by atoms with Crippen LogP contribution >= 0.6 is 0 Å². The quantitative estimate of drug-likeness (QED) is 0.264. The van der Waals surface area contributed by atoms with E-state index in [1.54, 1.807) is 12.4 Å². The number of furan rings is 1. The summed E-state index contributed by atoms with van der Waals surface area (Å²) in [5.74, 6) is 0.619. The Labute approximate surface area is 229 Å². The molecule has 0 aliphatic carbocycles. The fraction of sp³-hybridized carbons (Fsp3) is 0.438. The summed E-state index contributed by atoms with van der Waals surface area (Å²) < 4.78 is 17.3. The van der Waals surface area contributed by atoms with E-state index in [1.165, 1.54) is 13.4 Å². The number of methoxy groups -OCH3 is 1. The molecule has 1 aliphatic rings. The minimum Gasteiger partial charge on any atom is -0.507 e. The molecule has 1 fully saturated rings. The number of esters is 1. The molecule has 0 spiro atoms. The lowest BCUT2D eigenvalue weighted by Gasteiger charge is -2.32. The zero-order valence-corrected chi connectivity index (χ0v) is 23.5. The van der Waals surface area contributed by atoms with Crippen LogP contribution in [0.4, 0.5) is 0 Å². The van der Waals surface area contributed by atoms with Crippen LogP contribution in [-0.4, -0.2) is 54.8 Å². The van der Waals surface area contributed by atoms with Crippen LogP contribution in [0.5, 0.6) is 11.5 Å². The van der Waals surface area contributed by atoms with Gasteiger partial charge in [0.05, 0.1) is 13.7 Å². The normalized spacial score (nSPS) is 16.0. The number of hydrogen-bond donors (Lipinski definition) is 1. The zero-order chi connectivity index (χ0) is 27.7. The Hall–Kier alpha value is -3.58. The number of ether oxygens (including phenoxy) is 2. The molecular weight excluding hydrogens is 492 g/mol. The number of aromatic hydroxyl groups is 1. The fourth-order valence-electron chi connectivity index (χ4n) is 5.64. The van der Waals surface area contributed by atoms with Crippen LogP contribution < -0.4 is 4.74 Å². The third kappa shape index (κ3) is 5.59. The van der Waals surface area contributed by atoms with Crippen molar-refractivity contribution in [3.63, 3.8) is 0 Å². The van der Waals surface area contributed by atoms with Gasteiger partial charge in [0, 0.05) is 40.0 Å². The van der Waals surface area contributed by atoms with Crippen molar-refractivity contribution in [1.29, 1.82) is 0 Å². The number of carbonyl (C=O) groups excluding carboxylic acids is 1. The third-order valence-corrected chi connectivity index (χ3v) is 7.75. The SMILES string of the molecule is COC(=O)c1coc2c1c(C(CC1CCN(C)CC1)c1ccncc1)c(O)c1cc(OCC(C)(C)C)ccc12. The second-order valence-electron chi connectivity index (χ2n) is 12.0. The first-order valence-corrected chi connectivity index (χ1v) is 13.7. The van der Waals surface area contributed by atoms with Gasteiger partial charge in [0.2, 0.25) is 0 Å². The van der Waals surface area contributed by atoms with Crippen molar-refractivity contribution < 1.29 is 23.8 Å². The molecule has 0 amide bonds. The van der Waals surface area contributed by atoms with Crippen LogP contribution in [0.2, 0.25) is 0 Å². The molecule has 0 bridgehead atoms. The van der Waals surface area contributed by atoms with Crippen molar-refractivity contribution in [3.8, 4) is 11.5 Å². The first kappa shape index (κ1) is 27.0. The van der Waals surface area contributed by atoms with E-state index < -0.39 is 5.97 Å². The molecule has 0 saturated carbocycles. The highest BCUT2D eigenvalue weighted by molar-refractivity contribution is 6.16. The Morgan fingerprint density at radius 1 is 1.15 bits per heavy atom. The fourth-order valence-corrected chi connectivity index (χ4v) is 5.64. The monoisotopic (exact) mass is 530 g/mol. The predicted molar refractivity (Wildman–Crippen MR) is 153 cm³/mol. The molecule has 5 rings (SSSR count). The second kappa shape index (κ2) is 10.9. The van der Waals surface area contributed by atoms with E-state index in [-0.39, 0.29) is 17.1 Å². The number of hydrogen-bond acceptors (Lipinski definition) is 7. The largest absolute Gasteiger partial charge is 0.507 e. The number of fused-ring (bicyclic) bond motifs is 3. The summed E-state index contributed by atoms with van der Waals surface area (Å²) in [6.07, 6.45) is 7.99. The van der Waals surface area contributed by atoms with Crippen LogP contribution in [0.1, 0.15) is 67.4 Å². The highest BCUT2D eigenvalue weighted by Gasteiger charge is 2.31. The smallest absolute Gasteiger partial charge is 0.341 e. The number of phenols is 1. The van der Waals surface area contributed by atoms with Crippen LogP contribution in [0.3, 0.4) is 0 Å². The molecule has 1 atom stereocenters. The van der Waals surface area contributed by atoms with Crippen molar-refractivity contribution >= 4 is 27.7 Å². The van der Waals surface area contributed by atoms with Crippen LogP contribution in [0, 0.1) is 11.3 Å². The summed E-state index contributed by atoms with van der Waals surface area (Å²) in [7, 11) is 3.52. The van der Waals surface area contributed by atoms with Crippen LogP contribution in [0.15, 0.2) is 53.4 Å². The second-order valence-corrected chi connectivity index (χ2v) is 12.0. The van der Waals surface area contributed by atoms with Gasteiger partial charge in [-0.05, 0) is 86.6 Å². The van der Waals surface area contributed by atoms with Crippen LogP contribution in [-0.2, 0) is 4.74 Å². The highest BCUT2D eigenvalue weighted by Crippen LogP contribution is 2.48. The molecule has 206 valence electrons. The molecule has 39 heavy (non-hydrogen) atoms. The Morgan fingerprint density at radius 2 is 1.87 bits per heavy atom. The molecule has 4 aromatic rings. The van der Waals surface area contributed by atoms with E-state index in [9.17, 15) is 9.90 Å². The van der Waals surface area contributed by atoms with Crippen molar-refractivity contribution in [2.75, 3.05) is 33.9 Å². The van der Waals surface area contributed by atoms with Gasteiger partial charge in [0.25, 0.3) is 0 Å². The average Bonchev–Trinajstić information content (AvgIpc) is 3.37. The zero-order valence-electron chi connectivity index (χ0n) is 23.5. The molecular formula is C32H38N2O5. The Bertz CT molecular complexity index is 1460. The lowest BCUT2D eigenvalue weighted by atomic mass is 9.78. The molecule has 3 heterocycles. The van der Waals surface area contributed by atoms with Gasteiger partial charge in [-0.3, -0.25) is 4.98 Å². The molecule has 1 saturated heterocycles. The maximum absolute atomic E-state index is 12.9. The minimum absolute atomic E-state index is 0.0109. The minimum atomic E-state index is -0.494. The van der Waals surface area contributed by atoms with Gasteiger partial charge in [-0.1, -0.05) is 20.8 Å². The summed E-state index contributed by atoms with van der Waals surface area (Å²) in [5, 5.41) is 14.0. The number of nitrogens with zero attached hydrogens (tertiary/aromatic N) is 2. The molecule has 1 N–H and O–H groups in total. The maximum atomic E-state index is 12.9. The first-order chi connectivity index (χ1) is 18.7. The molecule has 2 aromatic heterocycles. The highest BCUT2D eigenvalue weighted by atomic mass is 16.5.